The molecule has 0 aliphatic carbocycles. The van der Waals surface area contributed by atoms with Crippen molar-refractivity contribution in [3.8, 4) is 0 Å². The predicted octanol–water partition coefficient (Wildman–Crippen LogP) is 2.58. The normalized spacial score (nSPS) is 10.2. The fourth-order valence-electron chi connectivity index (χ4n) is 1.52. The quantitative estimate of drug-likeness (QED) is 0.358. The average molecular weight is 276 g/mol. The molecular formula is C11H11ClFNO4. The Kier molecular flexibility index (Phi) is 5.03. The van der Waals surface area contributed by atoms with Crippen LogP contribution < -0.4 is 0 Å². The molecule has 0 saturated heterocycles. The van der Waals surface area contributed by atoms with Crippen molar-refractivity contribution in [2.24, 2.45) is 0 Å². The van der Waals surface area contributed by atoms with Gasteiger partial charge in [-0.1, -0.05) is 0 Å². The molecule has 0 heterocycles. The van der Waals surface area contributed by atoms with Crippen molar-refractivity contribution in [1.82, 2.24) is 0 Å². The number of ether oxygens (including phenoxy) is 1. The van der Waals surface area contributed by atoms with Crippen molar-refractivity contribution in [3.63, 3.8) is 0 Å². The van der Waals surface area contributed by atoms with Gasteiger partial charge in [-0.25, -0.2) is 4.39 Å². The molecule has 0 N–H and O–H groups in total. The molecule has 1 rings (SSSR count). The van der Waals surface area contributed by atoms with Crippen LogP contribution in [0.3, 0.4) is 0 Å². The van der Waals surface area contributed by atoms with Gasteiger partial charge < -0.3 is 4.74 Å². The third-order valence-electron chi connectivity index (χ3n) is 2.25. The maximum atomic E-state index is 13.2. The second-order valence-electron chi connectivity index (χ2n) is 3.44. The summed E-state index contributed by atoms with van der Waals surface area (Å²) < 4.78 is 17.9. The molecular weight excluding hydrogens is 265 g/mol. The highest BCUT2D eigenvalue weighted by molar-refractivity contribution is 6.17. The number of benzene rings is 1. The van der Waals surface area contributed by atoms with Crippen LogP contribution in [0.5, 0.6) is 0 Å². The van der Waals surface area contributed by atoms with Crippen LogP contribution in [0.4, 0.5) is 10.1 Å². The van der Waals surface area contributed by atoms with E-state index in [9.17, 15) is 19.3 Å². The van der Waals surface area contributed by atoms with E-state index in [1.807, 2.05) is 0 Å². The van der Waals surface area contributed by atoms with Crippen molar-refractivity contribution in [1.29, 1.82) is 0 Å². The second-order valence-corrected chi connectivity index (χ2v) is 3.70. The van der Waals surface area contributed by atoms with Gasteiger partial charge >= 0.3 is 5.97 Å². The molecule has 0 aliphatic heterocycles. The van der Waals surface area contributed by atoms with E-state index in [0.29, 0.717) is 0 Å². The van der Waals surface area contributed by atoms with Crippen LogP contribution in [0.1, 0.15) is 18.1 Å². The van der Waals surface area contributed by atoms with Crippen LogP contribution in [0.15, 0.2) is 12.1 Å². The van der Waals surface area contributed by atoms with Crippen LogP contribution in [-0.4, -0.2) is 17.5 Å². The van der Waals surface area contributed by atoms with Crippen molar-refractivity contribution in [3.05, 3.63) is 39.2 Å². The Balaban J connectivity index is 3.21. The molecule has 0 fully saturated rings. The highest BCUT2D eigenvalue weighted by Crippen LogP contribution is 2.26. The van der Waals surface area contributed by atoms with Crippen LogP contribution in [0, 0.1) is 15.9 Å². The van der Waals surface area contributed by atoms with Crippen LogP contribution >= 0.6 is 11.6 Å². The first kappa shape index (κ1) is 14.4. The van der Waals surface area contributed by atoms with Crippen molar-refractivity contribution in [2.75, 3.05) is 6.61 Å². The zero-order valence-electron chi connectivity index (χ0n) is 9.61. The molecule has 98 valence electrons. The lowest BCUT2D eigenvalue weighted by Gasteiger charge is -2.08. The number of carbonyl (C=O) groups is 1. The standard InChI is InChI=1S/C11H11ClFNO4/c1-2-18-11(15)5-9-7(6-12)3-8(13)4-10(9)14(16)17/h3-4H,2,5-6H2,1H3. The van der Waals surface area contributed by atoms with E-state index in [1.165, 1.54) is 0 Å². The van der Waals surface area contributed by atoms with E-state index in [1.54, 1.807) is 6.92 Å². The fourth-order valence-corrected chi connectivity index (χ4v) is 1.76. The lowest BCUT2D eigenvalue weighted by atomic mass is 10.0. The topological polar surface area (TPSA) is 69.4 Å². The maximum Gasteiger partial charge on any atom is 0.310 e. The summed E-state index contributed by atoms with van der Waals surface area (Å²) >= 11 is 5.60. The number of esters is 1. The summed E-state index contributed by atoms with van der Waals surface area (Å²) in [5.41, 5.74) is -0.148. The molecule has 5 nitrogen and oxygen atoms in total. The number of nitro benzene ring substituents is 1. The lowest BCUT2D eigenvalue weighted by molar-refractivity contribution is -0.385. The third kappa shape index (κ3) is 3.40. The first-order valence-electron chi connectivity index (χ1n) is 5.16. The average Bonchev–Trinajstić information content (AvgIpc) is 2.30. The third-order valence-corrected chi connectivity index (χ3v) is 2.54. The van der Waals surface area contributed by atoms with Crippen molar-refractivity contribution < 1.29 is 18.8 Å². The molecule has 7 heteroatoms. The molecule has 0 atom stereocenters. The molecule has 0 bridgehead atoms. The highest BCUT2D eigenvalue weighted by Gasteiger charge is 2.22. The monoisotopic (exact) mass is 275 g/mol. The summed E-state index contributed by atoms with van der Waals surface area (Å²) in [6, 6.07) is 1.85. The number of halogens is 2. The summed E-state index contributed by atoms with van der Waals surface area (Å²) in [6.07, 6.45) is -0.299. The Morgan fingerprint density at radius 1 is 1.56 bits per heavy atom. The summed E-state index contributed by atoms with van der Waals surface area (Å²) in [7, 11) is 0. The number of alkyl halides is 1. The maximum absolute atomic E-state index is 13.2. The van der Waals surface area contributed by atoms with E-state index in [4.69, 9.17) is 16.3 Å². The lowest BCUT2D eigenvalue weighted by Crippen LogP contribution is -2.11. The molecule has 0 aliphatic rings. The van der Waals surface area contributed by atoms with Crippen molar-refractivity contribution >= 4 is 23.3 Å². The number of nitro groups is 1. The first-order chi connectivity index (χ1) is 8.49. The summed E-state index contributed by atoms with van der Waals surface area (Å²) in [6.45, 7) is 1.80. The summed E-state index contributed by atoms with van der Waals surface area (Å²) in [4.78, 5) is 21.4. The molecule has 0 amide bonds. The molecule has 0 spiro atoms. The van der Waals surface area contributed by atoms with Gasteiger partial charge in [0.2, 0.25) is 0 Å². The van der Waals surface area contributed by atoms with Crippen LogP contribution in [-0.2, 0) is 21.8 Å². The smallest absolute Gasteiger partial charge is 0.310 e. The van der Waals surface area contributed by atoms with E-state index < -0.39 is 22.4 Å². The van der Waals surface area contributed by atoms with E-state index >= 15 is 0 Å². The Hall–Kier alpha value is -1.69. The Bertz CT molecular complexity index is 478. The predicted molar refractivity (Wildman–Crippen MR) is 62.9 cm³/mol. The van der Waals surface area contributed by atoms with Gasteiger partial charge in [0.05, 0.1) is 24.0 Å². The van der Waals surface area contributed by atoms with Crippen LogP contribution in [0.25, 0.3) is 0 Å². The molecule has 18 heavy (non-hydrogen) atoms. The SMILES string of the molecule is CCOC(=O)Cc1c(CCl)cc(F)cc1[N+](=O)[O-]. The largest absolute Gasteiger partial charge is 0.466 e. The Morgan fingerprint density at radius 3 is 2.72 bits per heavy atom. The van der Waals surface area contributed by atoms with Gasteiger partial charge in [-0.2, -0.15) is 0 Å². The van der Waals surface area contributed by atoms with Gasteiger partial charge in [-0.05, 0) is 18.6 Å². The summed E-state index contributed by atoms with van der Waals surface area (Å²) in [5.74, 6) is -1.49. The van der Waals surface area contributed by atoms with Gasteiger partial charge in [0.15, 0.2) is 0 Å². The molecule has 1 aromatic carbocycles. The minimum absolute atomic E-state index is 0.0925. The fraction of sp³-hybridized carbons (Fsp3) is 0.364. The molecule has 0 unspecified atom stereocenters. The van der Waals surface area contributed by atoms with Gasteiger partial charge in [0.1, 0.15) is 5.82 Å². The molecule has 1 aromatic rings. The van der Waals surface area contributed by atoms with E-state index in [2.05, 4.69) is 0 Å². The van der Waals surface area contributed by atoms with Gasteiger partial charge in [-0.15, -0.1) is 11.6 Å². The van der Waals surface area contributed by atoms with E-state index in [-0.39, 0.29) is 30.0 Å². The van der Waals surface area contributed by atoms with E-state index in [0.717, 1.165) is 12.1 Å². The van der Waals surface area contributed by atoms with Gasteiger partial charge in [-0.3, -0.25) is 14.9 Å². The Morgan fingerprint density at radius 2 is 2.22 bits per heavy atom. The zero-order chi connectivity index (χ0) is 13.7. The zero-order valence-corrected chi connectivity index (χ0v) is 10.4. The number of hydrogen-bond donors (Lipinski definition) is 0. The highest BCUT2D eigenvalue weighted by atomic mass is 35.5. The summed E-state index contributed by atoms with van der Waals surface area (Å²) in [5, 5.41) is 10.8. The molecule has 0 radical (unpaired) electrons. The van der Waals surface area contributed by atoms with Gasteiger partial charge in [0.25, 0.3) is 5.69 Å². The second kappa shape index (κ2) is 6.30. The van der Waals surface area contributed by atoms with Crippen molar-refractivity contribution in [2.45, 2.75) is 19.2 Å². The minimum atomic E-state index is -0.759. The number of hydrogen-bond acceptors (Lipinski definition) is 4. The number of rotatable bonds is 5. The van der Waals surface area contributed by atoms with Gasteiger partial charge in [0, 0.05) is 11.4 Å². The minimum Gasteiger partial charge on any atom is -0.466 e. The molecule has 0 saturated carbocycles. The van der Waals surface area contributed by atoms with Crippen LogP contribution in [0.2, 0.25) is 0 Å². The number of nitrogens with zero attached hydrogens (tertiary/aromatic N) is 1. The Labute approximate surface area is 108 Å². The first-order valence-corrected chi connectivity index (χ1v) is 5.70. The molecule has 0 aromatic heterocycles. The number of carbonyl (C=O) groups excluding carboxylic acids is 1.